The van der Waals surface area contributed by atoms with Crippen LogP contribution in [-0.2, 0) is 34.3 Å². The van der Waals surface area contributed by atoms with Crippen molar-refractivity contribution in [3.63, 3.8) is 0 Å². The van der Waals surface area contributed by atoms with Crippen LogP contribution in [0.1, 0.15) is 33.3 Å². The standard InChI is InChI=1S/C15H21O8P/c1-5-19-24(18,20-6-2)21-10-13-7-14(22-11(3)16)9-15(8-13)23-12(4)17/h7-9H,5-6,10H2,1-4H3. The number of esters is 2. The lowest BCUT2D eigenvalue weighted by atomic mass is 10.2. The number of benzene rings is 1. The molecule has 0 aliphatic heterocycles. The van der Waals surface area contributed by atoms with E-state index in [0.717, 1.165) is 0 Å². The fraction of sp³-hybridized carbons (Fsp3) is 0.467. The third-order valence-electron chi connectivity index (χ3n) is 2.43. The molecule has 9 heteroatoms. The molecule has 0 fully saturated rings. The lowest BCUT2D eigenvalue weighted by Crippen LogP contribution is -2.06. The summed E-state index contributed by atoms with van der Waals surface area (Å²) in [5.74, 6) is -0.725. The van der Waals surface area contributed by atoms with Crippen molar-refractivity contribution >= 4 is 19.8 Å². The van der Waals surface area contributed by atoms with Gasteiger partial charge in [0.2, 0.25) is 0 Å². The van der Waals surface area contributed by atoms with Crippen LogP contribution < -0.4 is 9.47 Å². The Morgan fingerprint density at radius 3 is 1.71 bits per heavy atom. The molecule has 0 radical (unpaired) electrons. The minimum Gasteiger partial charge on any atom is -0.427 e. The van der Waals surface area contributed by atoms with Crippen molar-refractivity contribution in [2.75, 3.05) is 13.2 Å². The zero-order valence-corrected chi connectivity index (χ0v) is 15.0. The average Bonchev–Trinajstić information content (AvgIpc) is 2.44. The number of hydrogen-bond acceptors (Lipinski definition) is 8. The van der Waals surface area contributed by atoms with Gasteiger partial charge in [0.05, 0.1) is 19.8 Å². The van der Waals surface area contributed by atoms with Crippen molar-refractivity contribution in [1.29, 1.82) is 0 Å². The van der Waals surface area contributed by atoms with E-state index in [1.165, 1.54) is 32.0 Å². The fourth-order valence-corrected chi connectivity index (χ4v) is 2.91. The van der Waals surface area contributed by atoms with E-state index in [1.807, 2.05) is 0 Å². The summed E-state index contributed by atoms with van der Waals surface area (Å²) in [4.78, 5) is 22.2. The van der Waals surface area contributed by atoms with Crippen molar-refractivity contribution in [2.45, 2.75) is 34.3 Å². The van der Waals surface area contributed by atoms with Crippen molar-refractivity contribution in [3.05, 3.63) is 23.8 Å². The first-order valence-electron chi connectivity index (χ1n) is 7.32. The minimum absolute atomic E-state index is 0.152. The van der Waals surface area contributed by atoms with Crippen LogP contribution in [0.2, 0.25) is 0 Å². The van der Waals surface area contributed by atoms with E-state index >= 15 is 0 Å². The predicted molar refractivity (Wildman–Crippen MR) is 84.7 cm³/mol. The number of carbonyl (C=O) groups is 2. The van der Waals surface area contributed by atoms with Gasteiger partial charge >= 0.3 is 19.8 Å². The molecule has 1 rings (SSSR count). The molecule has 0 unspecified atom stereocenters. The van der Waals surface area contributed by atoms with E-state index in [1.54, 1.807) is 13.8 Å². The Kier molecular flexibility index (Phi) is 8.07. The summed E-state index contributed by atoms with van der Waals surface area (Å²) >= 11 is 0. The second-order valence-corrected chi connectivity index (χ2v) is 6.23. The van der Waals surface area contributed by atoms with Gasteiger partial charge < -0.3 is 9.47 Å². The molecular formula is C15H21O8P. The first-order valence-corrected chi connectivity index (χ1v) is 8.78. The molecule has 0 heterocycles. The van der Waals surface area contributed by atoms with Gasteiger partial charge in [-0.1, -0.05) is 0 Å². The van der Waals surface area contributed by atoms with Crippen LogP contribution in [0, 0.1) is 0 Å². The van der Waals surface area contributed by atoms with Crippen molar-refractivity contribution < 1.29 is 37.2 Å². The van der Waals surface area contributed by atoms with Gasteiger partial charge in [-0.3, -0.25) is 23.2 Å². The molecule has 0 spiro atoms. The number of carbonyl (C=O) groups excluding carboxylic acids is 2. The summed E-state index contributed by atoms with van der Waals surface area (Å²) in [6.45, 7) is 5.97. The molecule has 134 valence electrons. The normalized spacial score (nSPS) is 11.2. The Balaban J connectivity index is 2.97. The van der Waals surface area contributed by atoms with E-state index in [0.29, 0.717) is 5.56 Å². The van der Waals surface area contributed by atoms with Gasteiger partial charge in [0.25, 0.3) is 0 Å². The largest absolute Gasteiger partial charge is 0.475 e. The van der Waals surface area contributed by atoms with Crippen LogP contribution in [0.4, 0.5) is 0 Å². The zero-order chi connectivity index (χ0) is 18.2. The van der Waals surface area contributed by atoms with Crippen molar-refractivity contribution in [3.8, 4) is 11.5 Å². The average molecular weight is 360 g/mol. The van der Waals surface area contributed by atoms with E-state index in [2.05, 4.69) is 0 Å². The molecule has 1 aromatic carbocycles. The van der Waals surface area contributed by atoms with Gasteiger partial charge in [-0.05, 0) is 31.5 Å². The summed E-state index contributed by atoms with van der Waals surface area (Å²) < 4.78 is 37.5. The fourth-order valence-electron chi connectivity index (χ4n) is 1.75. The summed E-state index contributed by atoms with van der Waals surface area (Å²) in [5.41, 5.74) is 0.463. The smallest absolute Gasteiger partial charge is 0.427 e. The van der Waals surface area contributed by atoms with Crippen LogP contribution >= 0.6 is 7.82 Å². The summed E-state index contributed by atoms with van der Waals surface area (Å²) in [6, 6.07) is 4.38. The maximum atomic E-state index is 12.3. The predicted octanol–water partition coefficient (Wildman–Crippen LogP) is 3.23. The van der Waals surface area contributed by atoms with Crippen LogP contribution in [0.15, 0.2) is 18.2 Å². The van der Waals surface area contributed by atoms with Gasteiger partial charge in [0, 0.05) is 19.9 Å². The lowest BCUT2D eigenvalue weighted by Gasteiger charge is -2.17. The number of phosphoric ester groups is 1. The Morgan fingerprint density at radius 1 is 0.875 bits per heavy atom. The molecule has 0 aliphatic carbocycles. The van der Waals surface area contributed by atoms with E-state index in [4.69, 9.17) is 23.0 Å². The summed E-state index contributed by atoms with van der Waals surface area (Å²) in [7, 11) is -3.69. The lowest BCUT2D eigenvalue weighted by molar-refractivity contribution is -0.132. The van der Waals surface area contributed by atoms with Gasteiger partial charge in [-0.25, -0.2) is 4.57 Å². The van der Waals surface area contributed by atoms with Crippen LogP contribution in [0.5, 0.6) is 11.5 Å². The highest BCUT2D eigenvalue weighted by Gasteiger charge is 2.25. The number of rotatable bonds is 9. The first-order chi connectivity index (χ1) is 11.3. The van der Waals surface area contributed by atoms with Gasteiger partial charge in [-0.15, -0.1) is 0 Å². The number of phosphoric acid groups is 1. The van der Waals surface area contributed by atoms with Gasteiger partial charge in [0.1, 0.15) is 11.5 Å². The molecule has 0 bridgehead atoms. The topological polar surface area (TPSA) is 97.4 Å². The molecule has 0 atom stereocenters. The van der Waals surface area contributed by atoms with Crippen LogP contribution in [-0.4, -0.2) is 25.2 Å². The van der Waals surface area contributed by atoms with Gasteiger partial charge in [-0.2, -0.15) is 0 Å². The molecule has 1 aromatic rings. The highest BCUT2D eigenvalue weighted by Crippen LogP contribution is 2.50. The second kappa shape index (κ2) is 9.54. The monoisotopic (exact) mass is 360 g/mol. The SMILES string of the molecule is CCOP(=O)(OCC)OCc1cc(OC(C)=O)cc(OC(C)=O)c1. The molecule has 0 amide bonds. The Labute approximate surface area is 140 Å². The molecule has 0 saturated carbocycles. The van der Waals surface area contributed by atoms with E-state index in [9.17, 15) is 14.2 Å². The Hall–Kier alpha value is -1.73. The van der Waals surface area contributed by atoms with E-state index in [-0.39, 0.29) is 31.3 Å². The number of hydrogen-bond donors (Lipinski definition) is 0. The third-order valence-corrected chi connectivity index (χ3v) is 4.02. The van der Waals surface area contributed by atoms with Crippen LogP contribution in [0.25, 0.3) is 0 Å². The Bertz CT molecular complexity index is 584. The highest BCUT2D eigenvalue weighted by molar-refractivity contribution is 7.48. The quantitative estimate of drug-likeness (QED) is 0.376. The molecule has 0 N–H and O–H groups in total. The van der Waals surface area contributed by atoms with Crippen molar-refractivity contribution in [1.82, 2.24) is 0 Å². The van der Waals surface area contributed by atoms with Crippen LogP contribution in [0.3, 0.4) is 0 Å². The maximum absolute atomic E-state index is 12.3. The third kappa shape index (κ3) is 7.23. The highest BCUT2D eigenvalue weighted by atomic mass is 31.2. The van der Waals surface area contributed by atoms with Gasteiger partial charge in [0.15, 0.2) is 0 Å². The minimum atomic E-state index is -3.69. The molecule has 0 aliphatic rings. The molecule has 24 heavy (non-hydrogen) atoms. The zero-order valence-electron chi connectivity index (χ0n) is 14.1. The Morgan fingerprint density at radius 2 is 1.33 bits per heavy atom. The second-order valence-electron chi connectivity index (χ2n) is 4.56. The van der Waals surface area contributed by atoms with Crippen molar-refractivity contribution in [2.24, 2.45) is 0 Å². The maximum Gasteiger partial charge on any atom is 0.475 e. The molecule has 8 nitrogen and oxygen atoms in total. The number of ether oxygens (including phenoxy) is 2. The van der Waals surface area contributed by atoms with E-state index < -0.39 is 19.8 Å². The summed E-state index contributed by atoms with van der Waals surface area (Å²) in [5, 5.41) is 0. The summed E-state index contributed by atoms with van der Waals surface area (Å²) in [6.07, 6.45) is 0. The molecular weight excluding hydrogens is 339 g/mol. The first kappa shape index (κ1) is 20.3. The molecule has 0 saturated heterocycles. The molecule has 0 aromatic heterocycles.